The lowest BCUT2D eigenvalue weighted by Crippen LogP contribution is -2.54. The van der Waals surface area contributed by atoms with Gasteiger partial charge in [-0.2, -0.15) is 0 Å². The summed E-state index contributed by atoms with van der Waals surface area (Å²) < 4.78 is 0. The number of fused-ring (bicyclic) bond motifs is 3. The van der Waals surface area contributed by atoms with E-state index >= 15 is 0 Å². The lowest BCUT2D eigenvalue weighted by atomic mass is 9.98. The van der Waals surface area contributed by atoms with Crippen LogP contribution in [0, 0.1) is 0 Å². The van der Waals surface area contributed by atoms with Crippen LogP contribution in [0.25, 0.3) is 0 Å². The van der Waals surface area contributed by atoms with Crippen LogP contribution in [0.4, 0.5) is 0 Å². The fraction of sp³-hybridized carbons (Fsp3) is 0.231. The van der Waals surface area contributed by atoms with Gasteiger partial charge in [0.15, 0.2) is 0 Å². The normalized spacial score (nSPS) is 26.2. The van der Waals surface area contributed by atoms with E-state index in [0.29, 0.717) is 5.56 Å². The predicted octanol–water partition coefficient (Wildman–Crippen LogP) is 1.30. The van der Waals surface area contributed by atoms with E-state index in [1.807, 2.05) is 25.1 Å². The maximum atomic E-state index is 12.2. The summed E-state index contributed by atoms with van der Waals surface area (Å²) in [7, 11) is 1.72. The van der Waals surface area contributed by atoms with Crippen LogP contribution in [-0.4, -0.2) is 28.7 Å². The first-order chi connectivity index (χ1) is 8.06. The minimum atomic E-state index is -0.695. The predicted molar refractivity (Wildman–Crippen MR) is 61.9 cm³/mol. The van der Waals surface area contributed by atoms with Gasteiger partial charge >= 0.3 is 0 Å². The molecule has 1 aromatic rings. The van der Waals surface area contributed by atoms with Gasteiger partial charge in [-0.05, 0) is 13.0 Å². The minimum absolute atomic E-state index is 0.0568. The van der Waals surface area contributed by atoms with E-state index in [-0.39, 0.29) is 11.8 Å². The van der Waals surface area contributed by atoms with Crippen molar-refractivity contribution in [2.75, 3.05) is 7.05 Å². The van der Waals surface area contributed by atoms with Gasteiger partial charge in [-0.1, -0.05) is 18.2 Å². The molecule has 2 aliphatic heterocycles. The zero-order chi connectivity index (χ0) is 12.2. The van der Waals surface area contributed by atoms with Crippen LogP contribution in [0.5, 0.6) is 0 Å². The van der Waals surface area contributed by atoms with Gasteiger partial charge in [-0.3, -0.25) is 14.5 Å². The van der Waals surface area contributed by atoms with Gasteiger partial charge in [0.25, 0.3) is 5.91 Å². The third-order valence-electron chi connectivity index (χ3n) is 3.71. The van der Waals surface area contributed by atoms with Crippen molar-refractivity contribution in [3.8, 4) is 0 Å². The zero-order valence-corrected chi connectivity index (χ0v) is 9.68. The largest absolute Gasteiger partial charge is 0.315 e. The maximum Gasteiger partial charge on any atom is 0.260 e. The summed E-state index contributed by atoms with van der Waals surface area (Å²) in [5.74, 6) is -0.146. The Balaban J connectivity index is 2.30. The van der Waals surface area contributed by atoms with Gasteiger partial charge < -0.3 is 4.90 Å². The minimum Gasteiger partial charge on any atom is -0.315 e. The number of carbonyl (C=O) groups excluding carboxylic acids is 2. The Kier molecular flexibility index (Phi) is 1.76. The first-order valence-electron chi connectivity index (χ1n) is 5.46. The van der Waals surface area contributed by atoms with Gasteiger partial charge in [-0.15, -0.1) is 0 Å². The monoisotopic (exact) mass is 228 g/mol. The van der Waals surface area contributed by atoms with E-state index in [1.165, 1.54) is 6.08 Å². The molecule has 3 rings (SSSR count). The van der Waals surface area contributed by atoms with Crippen LogP contribution in [0.3, 0.4) is 0 Å². The van der Waals surface area contributed by atoms with E-state index in [4.69, 9.17) is 0 Å². The Morgan fingerprint density at radius 3 is 2.65 bits per heavy atom. The van der Waals surface area contributed by atoms with Gasteiger partial charge in [0, 0.05) is 30.5 Å². The molecule has 17 heavy (non-hydrogen) atoms. The molecule has 2 aliphatic rings. The fourth-order valence-electron chi connectivity index (χ4n) is 2.56. The Morgan fingerprint density at radius 1 is 1.18 bits per heavy atom. The van der Waals surface area contributed by atoms with Crippen LogP contribution in [0.1, 0.15) is 22.8 Å². The number of benzene rings is 1. The van der Waals surface area contributed by atoms with E-state index < -0.39 is 5.66 Å². The number of nitrogens with zero attached hydrogens (tertiary/aromatic N) is 2. The van der Waals surface area contributed by atoms with Crippen molar-refractivity contribution in [2.24, 2.45) is 0 Å². The lowest BCUT2D eigenvalue weighted by Gasteiger charge is -2.43. The first kappa shape index (κ1) is 10.1. The molecular weight excluding hydrogens is 216 g/mol. The molecule has 0 unspecified atom stereocenters. The van der Waals surface area contributed by atoms with Gasteiger partial charge in [0.2, 0.25) is 5.91 Å². The number of likely N-dealkylation sites (N-methyl/N-ethyl adjacent to an activating group) is 1. The van der Waals surface area contributed by atoms with E-state index in [9.17, 15) is 9.59 Å². The third kappa shape index (κ3) is 1.02. The summed E-state index contributed by atoms with van der Waals surface area (Å²) in [6, 6.07) is 7.42. The van der Waals surface area contributed by atoms with Crippen molar-refractivity contribution >= 4 is 11.8 Å². The fourth-order valence-corrected chi connectivity index (χ4v) is 2.56. The molecular formula is C13H12N2O2. The van der Waals surface area contributed by atoms with Crippen LogP contribution >= 0.6 is 0 Å². The second kappa shape index (κ2) is 2.97. The molecule has 0 bridgehead atoms. The number of hydrogen-bond donors (Lipinski definition) is 0. The van der Waals surface area contributed by atoms with Gasteiger partial charge in [0.1, 0.15) is 5.66 Å². The van der Waals surface area contributed by atoms with Crippen molar-refractivity contribution in [1.82, 2.24) is 9.80 Å². The van der Waals surface area contributed by atoms with Gasteiger partial charge in [0.05, 0.1) is 0 Å². The third-order valence-corrected chi connectivity index (χ3v) is 3.71. The molecule has 0 radical (unpaired) electrons. The molecule has 1 atom stereocenters. The van der Waals surface area contributed by atoms with Gasteiger partial charge in [-0.25, -0.2) is 0 Å². The second-order valence-electron chi connectivity index (χ2n) is 4.45. The molecule has 4 heteroatoms. The molecule has 0 saturated carbocycles. The maximum absolute atomic E-state index is 12.2. The summed E-state index contributed by atoms with van der Waals surface area (Å²) in [5, 5.41) is 0. The van der Waals surface area contributed by atoms with Crippen molar-refractivity contribution in [2.45, 2.75) is 12.6 Å². The molecule has 0 aliphatic carbocycles. The van der Waals surface area contributed by atoms with E-state index in [2.05, 4.69) is 0 Å². The number of hydrogen-bond acceptors (Lipinski definition) is 2. The number of amides is 2. The van der Waals surface area contributed by atoms with Crippen molar-refractivity contribution in [1.29, 1.82) is 0 Å². The Morgan fingerprint density at radius 2 is 1.88 bits per heavy atom. The Hall–Kier alpha value is -2.10. The molecule has 86 valence electrons. The zero-order valence-electron chi connectivity index (χ0n) is 9.68. The Bertz CT molecular complexity index is 564. The van der Waals surface area contributed by atoms with E-state index in [1.54, 1.807) is 29.1 Å². The highest BCUT2D eigenvalue weighted by molar-refractivity contribution is 6.03. The van der Waals surface area contributed by atoms with Crippen LogP contribution < -0.4 is 0 Å². The van der Waals surface area contributed by atoms with Crippen molar-refractivity contribution in [3.63, 3.8) is 0 Å². The topological polar surface area (TPSA) is 40.6 Å². The SMILES string of the molecule is CN1C(=O)C=CN2C(=O)c3ccccc3[C@@]12C. The molecule has 2 amide bonds. The molecule has 0 saturated heterocycles. The molecule has 0 fully saturated rings. The second-order valence-corrected chi connectivity index (χ2v) is 4.45. The highest BCUT2D eigenvalue weighted by Crippen LogP contribution is 2.42. The van der Waals surface area contributed by atoms with Crippen LogP contribution in [0.15, 0.2) is 36.5 Å². The summed E-state index contributed by atoms with van der Waals surface area (Å²) >= 11 is 0. The summed E-state index contributed by atoms with van der Waals surface area (Å²) in [4.78, 5) is 27.2. The molecule has 0 aromatic heterocycles. The van der Waals surface area contributed by atoms with E-state index in [0.717, 1.165) is 5.56 Å². The van der Waals surface area contributed by atoms with Crippen LogP contribution in [0.2, 0.25) is 0 Å². The standard InChI is InChI=1S/C13H12N2O2/c1-13-10-6-4-3-5-9(10)12(17)15(13)8-7-11(16)14(13)2/h3-8H,1-2H3/t13-/m0/s1. The number of carbonyl (C=O) groups is 2. The molecule has 0 spiro atoms. The van der Waals surface area contributed by atoms with Crippen molar-refractivity contribution in [3.05, 3.63) is 47.7 Å². The first-order valence-corrected chi connectivity index (χ1v) is 5.46. The summed E-state index contributed by atoms with van der Waals surface area (Å²) in [5.41, 5.74) is 0.853. The highest BCUT2D eigenvalue weighted by atomic mass is 16.2. The Labute approximate surface area is 99.1 Å². The average Bonchev–Trinajstić information content (AvgIpc) is 2.57. The number of rotatable bonds is 0. The summed E-state index contributed by atoms with van der Waals surface area (Å²) in [6.07, 6.45) is 3.00. The molecule has 2 heterocycles. The van der Waals surface area contributed by atoms with Crippen molar-refractivity contribution < 1.29 is 9.59 Å². The lowest BCUT2D eigenvalue weighted by molar-refractivity contribution is -0.136. The summed E-state index contributed by atoms with van der Waals surface area (Å²) in [6.45, 7) is 1.89. The van der Waals surface area contributed by atoms with Crippen LogP contribution in [-0.2, 0) is 10.5 Å². The highest BCUT2D eigenvalue weighted by Gasteiger charge is 2.50. The molecule has 0 N–H and O–H groups in total. The molecule has 1 aromatic carbocycles. The smallest absolute Gasteiger partial charge is 0.260 e. The quantitative estimate of drug-likeness (QED) is 0.671. The average molecular weight is 228 g/mol. The molecule has 4 nitrogen and oxygen atoms in total.